The van der Waals surface area contributed by atoms with Crippen LogP contribution < -0.4 is 24.4 Å². The van der Waals surface area contributed by atoms with Gasteiger partial charge in [-0.15, -0.1) is 0 Å². The molecule has 0 bridgehead atoms. The Kier molecular flexibility index (Phi) is 8.27. The zero-order chi connectivity index (χ0) is 28.4. The van der Waals surface area contributed by atoms with E-state index in [4.69, 9.17) is 30.9 Å². The molecule has 1 aliphatic rings. The van der Waals surface area contributed by atoms with Crippen LogP contribution in [0.25, 0.3) is 6.08 Å². The second-order valence-corrected chi connectivity index (χ2v) is 10.5. The number of hydrogen-bond acceptors (Lipinski definition) is 8. The summed E-state index contributed by atoms with van der Waals surface area (Å²) in [5.74, 6) is -1.09. The number of carboxylic acids is 1. The van der Waals surface area contributed by atoms with Gasteiger partial charge in [-0.2, -0.15) is 0 Å². The molecule has 1 unspecified atom stereocenters. The van der Waals surface area contributed by atoms with Crippen LogP contribution >= 0.6 is 22.9 Å². The Bertz CT molecular complexity index is 1650. The summed E-state index contributed by atoms with van der Waals surface area (Å²) in [7, 11) is 2.70. The van der Waals surface area contributed by atoms with Crippen LogP contribution in [0, 0.1) is 0 Å². The molecule has 204 valence electrons. The van der Waals surface area contributed by atoms with Crippen molar-refractivity contribution in [2.24, 2.45) is 4.99 Å². The van der Waals surface area contributed by atoms with Crippen molar-refractivity contribution < 1.29 is 28.9 Å². The minimum absolute atomic E-state index is 0.0864. The topological polar surface area (TPSA) is 116 Å². The largest absolute Gasteiger partial charge is 0.493 e. The van der Waals surface area contributed by atoms with Crippen LogP contribution in [-0.2, 0) is 14.3 Å². The highest BCUT2D eigenvalue weighted by molar-refractivity contribution is 7.07. The van der Waals surface area contributed by atoms with Crippen molar-refractivity contribution in [3.05, 3.63) is 89.1 Å². The van der Waals surface area contributed by atoms with Gasteiger partial charge in [0.2, 0.25) is 0 Å². The summed E-state index contributed by atoms with van der Waals surface area (Å²) in [6.07, 6.45) is 1.63. The molecule has 0 fully saturated rings. The molecule has 0 spiro atoms. The third kappa shape index (κ3) is 5.62. The molecule has 4 rings (SSSR count). The summed E-state index contributed by atoms with van der Waals surface area (Å²) in [5, 5.41) is 9.05. The van der Waals surface area contributed by atoms with E-state index in [9.17, 15) is 14.4 Å². The number of hydrogen-bond donors (Lipinski definition) is 1. The van der Waals surface area contributed by atoms with Gasteiger partial charge in [-0.25, -0.2) is 14.6 Å². The number of esters is 1. The summed E-state index contributed by atoms with van der Waals surface area (Å²) in [6, 6.07) is 10.2. The first kappa shape index (κ1) is 28.1. The maximum absolute atomic E-state index is 13.8. The van der Waals surface area contributed by atoms with E-state index >= 15 is 0 Å². The highest BCUT2D eigenvalue weighted by Gasteiger charge is 2.33. The van der Waals surface area contributed by atoms with Crippen molar-refractivity contribution in [1.82, 2.24) is 4.57 Å². The molecule has 0 aliphatic carbocycles. The van der Waals surface area contributed by atoms with Crippen molar-refractivity contribution in [2.75, 3.05) is 20.8 Å². The number of ether oxygens (including phenoxy) is 3. The maximum atomic E-state index is 13.8. The van der Waals surface area contributed by atoms with Gasteiger partial charge >= 0.3 is 11.9 Å². The van der Waals surface area contributed by atoms with E-state index in [0.717, 1.165) is 11.1 Å². The van der Waals surface area contributed by atoms with Crippen LogP contribution in [0.3, 0.4) is 0 Å². The van der Waals surface area contributed by atoms with Crippen LogP contribution in [0.2, 0.25) is 5.02 Å². The summed E-state index contributed by atoms with van der Waals surface area (Å²) >= 11 is 7.53. The number of nitrogens with zero attached hydrogens (tertiary/aromatic N) is 2. The Morgan fingerprint density at radius 2 is 1.90 bits per heavy atom. The van der Waals surface area contributed by atoms with Crippen LogP contribution in [0.5, 0.6) is 11.5 Å². The molecule has 0 saturated carbocycles. The number of carbonyl (C=O) groups excluding carboxylic acids is 1. The number of aliphatic carboxylic acids is 1. The Morgan fingerprint density at radius 1 is 1.21 bits per heavy atom. The number of carboxylic acid groups (broad SMARTS) is 1. The van der Waals surface area contributed by atoms with Gasteiger partial charge in [-0.05, 0) is 47.7 Å². The highest BCUT2D eigenvalue weighted by Crippen LogP contribution is 2.37. The number of methoxy groups -OCH3 is 2. The average molecular weight is 571 g/mol. The summed E-state index contributed by atoms with van der Waals surface area (Å²) in [4.78, 5) is 42.5. The first-order chi connectivity index (χ1) is 18.5. The molecular formula is C28H27ClN2O7S. The van der Waals surface area contributed by atoms with Crippen molar-refractivity contribution in [1.29, 1.82) is 0 Å². The Labute approximate surface area is 233 Å². The van der Waals surface area contributed by atoms with E-state index in [2.05, 4.69) is 18.8 Å². The van der Waals surface area contributed by atoms with Crippen molar-refractivity contribution in [3.63, 3.8) is 0 Å². The quantitative estimate of drug-likeness (QED) is 0.411. The molecule has 1 atom stereocenters. The van der Waals surface area contributed by atoms with Gasteiger partial charge in [0.25, 0.3) is 5.56 Å². The monoisotopic (exact) mass is 570 g/mol. The molecule has 0 radical (unpaired) electrons. The number of allylic oxidation sites excluding steroid dienone is 1. The normalized spacial score (nSPS) is 15.2. The van der Waals surface area contributed by atoms with Crippen molar-refractivity contribution in [2.45, 2.75) is 32.7 Å². The number of benzene rings is 2. The Hall–Kier alpha value is -3.89. The Morgan fingerprint density at radius 3 is 2.49 bits per heavy atom. The fourth-order valence-corrected chi connectivity index (χ4v) is 5.64. The van der Waals surface area contributed by atoms with Gasteiger partial charge in [0, 0.05) is 0 Å². The van der Waals surface area contributed by atoms with Crippen LogP contribution in [0.4, 0.5) is 0 Å². The zero-order valence-corrected chi connectivity index (χ0v) is 23.6. The van der Waals surface area contributed by atoms with Gasteiger partial charge < -0.3 is 19.3 Å². The third-order valence-corrected chi connectivity index (χ3v) is 7.50. The average Bonchev–Trinajstić information content (AvgIpc) is 3.20. The fraction of sp³-hybridized carbons (Fsp3) is 0.286. The molecule has 39 heavy (non-hydrogen) atoms. The maximum Gasteiger partial charge on any atom is 0.341 e. The minimum Gasteiger partial charge on any atom is -0.493 e. The van der Waals surface area contributed by atoms with Gasteiger partial charge in [-0.1, -0.05) is 61.1 Å². The number of halogens is 1. The zero-order valence-electron chi connectivity index (χ0n) is 22.0. The molecule has 3 aromatic rings. The third-order valence-electron chi connectivity index (χ3n) is 6.24. The standard InChI is InChI=1S/C28H27ClN2O7S/c1-14(2)17-6-8-18(9-7-17)24-23(27(35)37-5)15(3)30-28-31(24)26(34)21(39-28)12-16-10-19(29)25(20(11-16)36-4)38-13-22(32)33/h6-12,14,24H,13H2,1-5H3,(H,32,33)/b21-12-. The van der Waals surface area contributed by atoms with E-state index < -0.39 is 24.6 Å². The summed E-state index contributed by atoms with van der Waals surface area (Å²) in [5.41, 5.74) is 2.84. The summed E-state index contributed by atoms with van der Waals surface area (Å²) in [6.45, 7) is 5.32. The molecule has 0 amide bonds. The lowest BCUT2D eigenvalue weighted by atomic mass is 9.93. The van der Waals surface area contributed by atoms with E-state index in [1.165, 1.54) is 30.1 Å². The van der Waals surface area contributed by atoms with Gasteiger partial charge in [0.1, 0.15) is 0 Å². The molecule has 2 heterocycles. The van der Waals surface area contributed by atoms with E-state index in [-0.39, 0.29) is 22.1 Å². The van der Waals surface area contributed by atoms with E-state index in [0.29, 0.717) is 32.1 Å². The number of carbonyl (C=O) groups is 2. The molecule has 2 aromatic carbocycles. The number of fused-ring (bicyclic) bond motifs is 1. The smallest absolute Gasteiger partial charge is 0.341 e. The minimum atomic E-state index is -1.16. The number of thiazole rings is 1. The lowest BCUT2D eigenvalue weighted by Crippen LogP contribution is -2.39. The van der Waals surface area contributed by atoms with Gasteiger partial charge in [0.15, 0.2) is 22.9 Å². The molecule has 1 aromatic heterocycles. The molecule has 0 saturated heterocycles. The van der Waals surface area contributed by atoms with E-state index in [1.54, 1.807) is 25.1 Å². The molecule has 1 aliphatic heterocycles. The lowest BCUT2D eigenvalue weighted by molar-refractivity contribution is -0.139. The predicted octanol–water partition coefficient (Wildman–Crippen LogP) is 3.66. The van der Waals surface area contributed by atoms with Crippen molar-refractivity contribution >= 4 is 41.0 Å². The second kappa shape index (κ2) is 11.5. The number of aromatic nitrogens is 1. The van der Waals surface area contributed by atoms with Crippen LogP contribution in [0.15, 0.2) is 57.5 Å². The van der Waals surface area contributed by atoms with E-state index in [1.807, 2.05) is 24.3 Å². The summed E-state index contributed by atoms with van der Waals surface area (Å²) < 4.78 is 17.5. The lowest BCUT2D eigenvalue weighted by Gasteiger charge is -2.24. The van der Waals surface area contributed by atoms with Crippen LogP contribution in [0.1, 0.15) is 49.4 Å². The Balaban J connectivity index is 1.88. The molecule has 11 heteroatoms. The van der Waals surface area contributed by atoms with Crippen molar-refractivity contribution in [3.8, 4) is 11.5 Å². The SMILES string of the molecule is COC(=O)C1=C(C)N=c2s/c(=C\c3cc(Cl)c(OCC(=O)O)c(OC)c3)c(=O)n2C1c1ccc(C(C)C)cc1. The second-order valence-electron chi connectivity index (χ2n) is 9.11. The van der Waals surface area contributed by atoms with Crippen LogP contribution in [-0.4, -0.2) is 42.4 Å². The number of rotatable bonds is 8. The first-order valence-electron chi connectivity index (χ1n) is 12.0. The van der Waals surface area contributed by atoms with Gasteiger partial charge in [0.05, 0.1) is 41.1 Å². The highest BCUT2D eigenvalue weighted by atomic mass is 35.5. The predicted molar refractivity (Wildman–Crippen MR) is 147 cm³/mol. The molecule has 1 N–H and O–H groups in total. The first-order valence-corrected chi connectivity index (χ1v) is 13.2. The fourth-order valence-electron chi connectivity index (χ4n) is 4.32. The molecular weight excluding hydrogens is 544 g/mol. The molecule has 9 nitrogen and oxygen atoms in total. The van der Waals surface area contributed by atoms with Gasteiger partial charge in [-0.3, -0.25) is 9.36 Å².